The highest BCUT2D eigenvalue weighted by molar-refractivity contribution is 5.80. The van der Waals surface area contributed by atoms with Gasteiger partial charge in [-0.2, -0.15) is 0 Å². The zero-order valence-corrected chi connectivity index (χ0v) is 14.4. The molecule has 4 aromatic rings. The number of fused-ring (bicyclic) bond motifs is 1. The van der Waals surface area contributed by atoms with Crippen LogP contribution in [0.4, 0.5) is 0 Å². The number of hydrogen-bond acceptors (Lipinski definition) is 4. The second-order valence-corrected chi connectivity index (χ2v) is 6.10. The fraction of sp³-hybridized carbons (Fsp3) is 0.0952. The van der Waals surface area contributed by atoms with Crippen molar-refractivity contribution in [1.82, 2.24) is 14.9 Å². The highest BCUT2D eigenvalue weighted by Crippen LogP contribution is 2.22. The normalized spacial score (nSPS) is 12.0. The summed E-state index contributed by atoms with van der Waals surface area (Å²) in [4.78, 5) is 29.1. The number of para-hydroxylation sites is 2. The quantitative estimate of drug-likeness (QED) is 0.594. The van der Waals surface area contributed by atoms with Gasteiger partial charge in [0.05, 0.1) is 23.5 Å². The third kappa shape index (κ3) is 3.50. The molecule has 4 rings (SSSR count). The van der Waals surface area contributed by atoms with Crippen LogP contribution in [0.2, 0.25) is 0 Å². The highest BCUT2D eigenvalue weighted by atomic mass is 16.3. The minimum absolute atomic E-state index is 0.105. The van der Waals surface area contributed by atoms with Gasteiger partial charge in [0.15, 0.2) is 0 Å². The first-order valence-electron chi connectivity index (χ1n) is 8.54. The number of nitrogens with one attached hydrogen (secondary N) is 1. The van der Waals surface area contributed by atoms with Crippen molar-refractivity contribution >= 4 is 16.9 Å². The van der Waals surface area contributed by atoms with E-state index in [0.29, 0.717) is 16.8 Å². The fourth-order valence-electron chi connectivity index (χ4n) is 3.05. The van der Waals surface area contributed by atoms with Crippen molar-refractivity contribution in [2.24, 2.45) is 0 Å². The van der Waals surface area contributed by atoms with Gasteiger partial charge in [0.25, 0.3) is 5.56 Å². The molecule has 1 atom stereocenters. The van der Waals surface area contributed by atoms with E-state index in [0.717, 1.165) is 5.56 Å². The van der Waals surface area contributed by atoms with Crippen molar-refractivity contribution in [1.29, 1.82) is 0 Å². The average molecular weight is 359 g/mol. The predicted octanol–water partition coefficient (Wildman–Crippen LogP) is 2.90. The Labute approximate surface area is 155 Å². The van der Waals surface area contributed by atoms with E-state index in [-0.39, 0.29) is 18.0 Å². The van der Waals surface area contributed by atoms with Crippen molar-refractivity contribution in [2.75, 3.05) is 0 Å². The largest absolute Gasteiger partial charge is 0.467 e. The maximum Gasteiger partial charge on any atom is 0.269 e. The molecule has 1 unspecified atom stereocenters. The molecule has 0 fully saturated rings. The summed E-state index contributed by atoms with van der Waals surface area (Å²) in [5, 5.41) is 2.96. The number of carbonyl (C=O) groups is 1. The Morgan fingerprint density at radius 3 is 2.59 bits per heavy atom. The molecule has 0 radical (unpaired) electrons. The van der Waals surface area contributed by atoms with Crippen molar-refractivity contribution in [3.8, 4) is 0 Å². The number of nitrogens with zero attached hydrogens (tertiary/aromatic N) is 2. The summed E-state index contributed by atoms with van der Waals surface area (Å²) in [6, 6.07) is 19.9. The maximum atomic E-state index is 12.8. The van der Waals surface area contributed by atoms with Gasteiger partial charge < -0.3 is 9.73 Å². The van der Waals surface area contributed by atoms with Crippen LogP contribution in [0, 0.1) is 0 Å². The average Bonchev–Trinajstić information content (AvgIpc) is 3.23. The third-order valence-electron chi connectivity index (χ3n) is 4.32. The van der Waals surface area contributed by atoms with Gasteiger partial charge in [0.1, 0.15) is 18.3 Å². The molecule has 0 spiro atoms. The number of aromatic nitrogens is 2. The molecule has 0 saturated heterocycles. The predicted molar refractivity (Wildman–Crippen MR) is 101 cm³/mol. The van der Waals surface area contributed by atoms with Gasteiger partial charge in [-0.25, -0.2) is 4.98 Å². The third-order valence-corrected chi connectivity index (χ3v) is 4.32. The Kier molecular flexibility index (Phi) is 4.53. The lowest BCUT2D eigenvalue weighted by atomic mass is 10.0. The first-order valence-corrected chi connectivity index (χ1v) is 8.54. The van der Waals surface area contributed by atoms with Crippen LogP contribution in [0.5, 0.6) is 0 Å². The smallest absolute Gasteiger partial charge is 0.269 e. The van der Waals surface area contributed by atoms with E-state index in [1.165, 1.54) is 10.8 Å². The van der Waals surface area contributed by atoms with E-state index in [2.05, 4.69) is 10.3 Å². The molecule has 0 aliphatic carbocycles. The first kappa shape index (κ1) is 16.8. The minimum Gasteiger partial charge on any atom is -0.467 e. The van der Waals surface area contributed by atoms with Crippen molar-refractivity contribution in [3.63, 3.8) is 0 Å². The molecule has 0 saturated carbocycles. The van der Waals surface area contributed by atoms with Crippen molar-refractivity contribution < 1.29 is 9.21 Å². The van der Waals surface area contributed by atoms with Crippen LogP contribution >= 0.6 is 0 Å². The minimum atomic E-state index is -0.433. The van der Waals surface area contributed by atoms with Gasteiger partial charge in [-0.1, -0.05) is 42.5 Å². The Morgan fingerprint density at radius 2 is 1.81 bits per heavy atom. The van der Waals surface area contributed by atoms with Gasteiger partial charge in [-0.3, -0.25) is 14.2 Å². The van der Waals surface area contributed by atoms with Crippen LogP contribution in [0.3, 0.4) is 0 Å². The van der Waals surface area contributed by atoms with Crippen molar-refractivity contribution in [3.05, 3.63) is 101 Å². The molecule has 0 bridgehead atoms. The van der Waals surface area contributed by atoms with Crippen LogP contribution in [0.1, 0.15) is 17.4 Å². The Bertz CT molecular complexity index is 1120. The molecular weight excluding hydrogens is 342 g/mol. The molecule has 2 aromatic heterocycles. The standard InChI is InChI=1S/C21H17N3O3/c25-19(14-24-17-10-5-4-9-16(17)22-13-20(24)26)23-21(18-11-6-12-27-18)15-7-2-1-3-8-15/h1-13,21H,14H2,(H,23,25). The first-order chi connectivity index (χ1) is 13.2. The molecule has 2 heterocycles. The van der Waals surface area contributed by atoms with Gasteiger partial charge in [0, 0.05) is 0 Å². The number of hydrogen-bond donors (Lipinski definition) is 1. The number of furan rings is 1. The van der Waals surface area contributed by atoms with Gasteiger partial charge in [-0.15, -0.1) is 0 Å². The molecular formula is C21H17N3O3. The maximum absolute atomic E-state index is 12.8. The van der Waals surface area contributed by atoms with Crippen molar-refractivity contribution in [2.45, 2.75) is 12.6 Å². The number of carbonyl (C=O) groups excluding carboxylic acids is 1. The summed E-state index contributed by atoms with van der Waals surface area (Å²) in [7, 11) is 0. The number of amides is 1. The van der Waals surface area contributed by atoms with E-state index in [1.54, 1.807) is 24.5 Å². The summed E-state index contributed by atoms with van der Waals surface area (Å²) in [6.45, 7) is -0.105. The van der Waals surface area contributed by atoms with Gasteiger partial charge in [-0.05, 0) is 29.8 Å². The van der Waals surface area contributed by atoms with Crippen LogP contribution in [-0.4, -0.2) is 15.5 Å². The fourth-order valence-corrected chi connectivity index (χ4v) is 3.05. The Hall–Kier alpha value is -3.67. The molecule has 6 heteroatoms. The van der Waals surface area contributed by atoms with Gasteiger partial charge in [0.2, 0.25) is 5.91 Å². The SMILES string of the molecule is O=C(Cn1c(=O)cnc2ccccc21)NC(c1ccccc1)c1ccco1. The molecule has 27 heavy (non-hydrogen) atoms. The lowest BCUT2D eigenvalue weighted by molar-refractivity contribution is -0.122. The van der Waals surface area contributed by atoms with Crippen LogP contribution in [-0.2, 0) is 11.3 Å². The second-order valence-electron chi connectivity index (χ2n) is 6.10. The molecule has 6 nitrogen and oxygen atoms in total. The molecule has 0 aliphatic rings. The highest BCUT2D eigenvalue weighted by Gasteiger charge is 2.20. The topological polar surface area (TPSA) is 77.1 Å². The summed E-state index contributed by atoms with van der Waals surface area (Å²) in [6.07, 6.45) is 2.80. The summed E-state index contributed by atoms with van der Waals surface area (Å²) in [5.41, 5.74) is 1.86. The lowest BCUT2D eigenvalue weighted by Gasteiger charge is -2.18. The Balaban J connectivity index is 1.63. The van der Waals surface area contributed by atoms with Crippen LogP contribution < -0.4 is 10.9 Å². The summed E-state index contributed by atoms with van der Waals surface area (Å²) in [5.74, 6) is 0.334. The summed E-state index contributed by atoms with van der Waals surface area (Å²) < 4.78 is 6.92. The number of benzene rings is 2. The zero-order valence-electron chi connectivity index (χ0n) is 14.4. The zero-order chi connectivity index (χ0) is 18.6. The Morgan fingerprint density at radius 1 is 1.04 bits per heavy atom. The van der Waals surface area contributed by atoms with Gasteiger partial charge >= 0.3 is 0 Å². The van der Waals surface area contributed by atoms with Crippen LogP contribution in [0.15, 0.2) is 88.4 Å². The second kappa shape index (κ2) is 7.29. The molecule has 1 N–H and O–H groups in total. The van der Waals surface area contributed by atoms with E-state index < -0.39 is 6.04 Å². The number of rotatable bonds is 5. The van der Waals surface area contributed by atoms with E-state index in [1.807, 2.05) is 48.5 Å². The van der Waals surface area contributed by atoms with E-state index in [4.69, 9.17) is 4.42 Å². The van der Waals surface area contributed by atoms with E-state index >= 15 is 0 Å². The van der Waals surface area contributed by atoms with Crippen LogP contribution in [0.25, 0.3) is 11.0 Å². The molecule has 0 aliphatic heterocycles. The summed E-state index contributed by atoms with van der Waals surface area (Å²) >= 11 is 0. The molecule has 2 aromatic carbocycles. The van der Waals surface area contributed by atoms with E-state index in [9.17, 15) is 9.59 Å². The molecule has 134 valence electrons. The molecule has 1 amide bonds. The lowest BCUT2D eigenvalue weighted by Crippen LogP contribution is -2.35. The monoisotopic (exact) mass is 359 g/mol.